The Labute approximate surface area is 140 Å². The molecule has 0 atom stereocenters. The van der Waals surface area contributed by atoms with Gasteiger partial charge in [-0.1, -0.05) is 6.07 Å². The molecule has 124 valence electrons. The van der Waals surface area contributed by atoms with Gasteiger partial charge in [0.1, 0.15) is 0 Å². The maximum Gasteiger partial charge on any atom is 0.232 e. The number of carbonyl (C=O) groups excluding carboxylic acids is 1. The minimum absolute atomic E-state index is 0.0805. The van der Waals surface area contributed by atoms with Crippen molar-refractivity contribution in [1.82, 2.24) is 5.32 Å². The number of rotatable bonds is 8. The number of ether oxygens (including phenoxy) is 1. The molecular weight excluding hydrogens is 372 g/mol. The van der Waals surface area contributed by atoms with Crippen LogP contribution >= 0.6 is 15.9 Å². The number of anilines is 1. The summed E-state index contributed by atoms with van der Waals surface area (Å²) in [5.74, 6) is -0.214. The lowest BCUT2D eigenvalue weighted by Gasteiger charge is -2.23. The minimum Gasteiger partial charge on any atom is -0.383 e. The first-order valence-corrected chi connectivity index (χ1v) is 9.39. The third-order valence-electron chi connectivity index (χ3n) is 2.94. The fourth-order valence-corrected chi connectivity index (χ4v) is 3.63. The number of nitrogens with one attached hydrogen (secondary N) is 1. The minimum atomic E-state index is -3.48. The van der Waals surface area contributed by atoms with E-state index in [1.807, 2.05) is 19.1 Å². The van der Waals surface area contributed by atoms with Gasteiger partial charge in [-0.25, -0.2) is 8.42 Å². The van der Waals surface area contributed by atoms with E-state index in [9.17, 15) is 13.2 Å². The molecule has 1 aromatic rings. The highest BCUT2D eigenvalue weighted by molar-refractivity contribution is 9.10. The first-order chi connectivity index (χ1) is 10.3. The van der Waals surface area contributed by atoms with Crippen molar-refractivity contribution in [2.24, 2.45) is 0 Å². The van der Waals surface area contributed by atoms with Gasteiger partial charge in [0.2, 0.25) is 15.9 Å². The Hall–Kier alpha value is -1.12. The van der Waals surface area contributed by atoms with Crippen LogP contribution in [0.2, 0.25) is 0 Å². The number of amides is 1. The van der Waals surface area contributed by atoms with E-state index in [2.05, 4.69) is 21.2 Å². The highest BCUT2D eigenvalue weighted by Crippen LogP contribution is 2.29. The van der Waals surface area contributed by atoms with Crippen molar-refractivity contribution in [3.05, 3.63) is 28.2 Å². The highest BCUT2D eigenvalue weighted by atomic mass is 79.9. The van der Waals surface area contributed by atoms with Crippen LogP contribution in [0.15, 0.2) is 22.7 Å². The number of halogens is 1. The summed E-state index contributed by atoms with van der Waals surface area (Å²) in [6.07, 6.45) is 1.21. The van der Waals surface area contributed by atoms with E-state index in [-0.39, 0.29) is 18.9 Å². The molecule has 8 heteroatoms. The summed E-state index contributed by atoms with van der Waals surface area (Å²) in [6, 6.07) is 5.40. The summed E-state index contributed by atoms with van der Waals surface area (Å²) in [6.45, 7) is 2.83. The van der Waals surface area contributed by atoms with Crippen molar-refractivity contribution in [2.45, 2.75) is 13.3 Å². The van der Waals surface area contributed by atoms with E-state index in [0.29, 0.717) is 23.3 Å². The van der Waals surface area contributed by atoms with Gasteiger partial charge in [-0.05, 0) is 40.5 Å². The third-order valence-corrected chi connectivity index (χ3v) is 4.76. The number of nitrogens with zero attached hydrogens (tertiary/aromatic N) is 1. The van der Waals surface area contributed by atoms with Crippen LogP contribution in [-0.2, 0) is 19.6 Å². The molecule has 0 aliphatic rings. The van der Waals surface area contributed by atoms with Crippen molar-refractivity contribution >= 4 is 37.5 Å². The zero-order chi connectivity index (χ0) is 16.8. The van der Waals surface area contributed by atoms with E-state index in [1.165, 1.54) is 4.31 Å². The molecule has 0 saturated carbocycles. The van der Waals surface area contributed by atoms with Gasteiger partial charge < -0.3 is 10.1 Å². The summed E-state index contributed by atoms with van der Waals surface area (Å²) in [5, 5.41) is 2.67. The van der Waals surface area contributed by atoms with Crippen LogP contribution in [0.1, 0.15) is 12.0 Å². The Morgan fingerprint density at radius 2 is 2.09 bits per heavy atom. The van der Waals surface area contributed by atoms with Crippen molar-refractivity contribution in [3.8, 4) is 0 Å². The standard InChI is InChI=1S/C14H21BrN2O4S/c1-11-4-5-13(12(15)10-11)17(22(3,19)20)8-6-14(18)16-7-9-21-2/h4-5,10H,6-9H2,1-3H3,(H,16,18). The fraction of sp³-hybridized carbons (Fsp3) is 0.500. The Kier molecular flexibility index (Phi) is 7.31. The average Bonchev–Trinajstić information content (AvgIpc) is 2.40. The van der Waals surface area contributed by atoms with Gasteiger partial charge >= 0.3 is 0 Å². The average molecular weight is 393 g/mol. The van der Waals surface area contributed by atoms with Crippen molar-refractivity contribution in [1.29, 1.82) is 0 Å². The molecule has 1 rings (SSSR count). The lowest BCUT2D eigenvalue weighted by atomic mass is 10.2. The van der Waals surface area contributed by atoms with Gasteiger partial charge in [-0.15, -0.1) is 0 Å². The predicted octanol–water partition coefficient (Wildman–Crippen LogP) is 1.68. The Morgan fingerprint density at radius 1 is 1.41 bits per heavy atom. The summed E-state index contributed by atoms with van der Waals surface area (Å²) >= 11 is 3.38. The quantitative estimate of drug-likeness (QED) is 0.682. The SMILES string of the molecule is COCCNC(=O)CCN(c1ccc(C)cc1Br)S(C)(=O)=O. The first-order valence-electron chi connectivity index (χ1n) is 6.75. The molecule has 22 heavy (non-hydrogen) atoms. The zero-order valence-corrected chi connectivity index (χ0v) is 15.3. The number of sulfonamides is 1. The van der Waals surface area contributed by atoms with Crippen LogP contribution in [0.5, 0.6) is 0 Å². The predicted molar refractivity (Wildman–Crippen MR) is 90.6 cm³/mol. The first kappa shape index (κ1) is 18.9. The smallest absolute Gasteiger partial charge is 0.232 e. The Morgan fingerprint density at radius 3 is 2.64 bits per heavy atom. The molecule has 6 nitrogen and oxygen atoms in total. The van der Waals surface area contributed by atoms with Crippen molar-refractivity contribution in [3.63, 3.8) is 0 Å². The van der Waals surface area contributed by atoms with Crippen LogP contribution in [0.4, 0.5) is 5.69 Å². The topological polar surface area (TPSA) is 75.7 Å². The molecule has 0 fully saturated rings. The van der Waals surface area contributed by atoms with Gasteiger partial charge in [-0.2, -0.15) is 0 Å². The Bertz CT molecular complexity index is 619. The number of hydrogen-bond acceptors (Lipinski definition) is 4. The summed E-state index contributed by atoms with van der Waals surface area (Å²) in [7, 11) is -1.93. The van der Waals surface area contributed by atoms with Gasteiger partial charge in [0.25, 0.3) is 0 Å². The number of benzene rings is 1. The molecule has 0 heterocycles. The molecule has 0 saturated heterocycles. The maximum atomic E-state index is 12.0. The van der Waals surface area contributed by atoms with E-state index in [1.54, 1.807) is 13.2 Å². The van der Waals surface area contributed by atoms with Crippen LogP contribution in [-0.4, -0.2) is 47.4 Å². The van der Waals surface area contributed by atoms with Gasteiger partial charge in [0.05, 0.1) is 18.6 Å². The maximum absolute atomic E-state index is 12.0. The molecule has 0 aromatic heterocycles. The van der Waals surface area contributed by atoms with E-state index >= 15 is 0 Å². The molecule has 0 bridgehead atoms. The number of aryl methyl sites for hydroxylation is 1. The second-order valence-corrected chi connectivity index (χ2v) is 7.64. The number of methoxy groups -OCH3 is 1. The molecule has 0 spiro atoms. The second-order valence-electron chi connectivity index (χ2n) is 4.88. The molecule has 0 aliphatic carbocycles. The van der Waals surface area contributed by atoms with Gasteiger partial charge in [0, 0.05) is 31.1 Å². The van der Waals surface area contributed by atoms with Crippen molar-refractivity contribution in [2.75, 3.05) is 37.4 Å². The molecule has 1 amide bonds. The molecule has 1 aromatic carbocycles. The van der Waals surface area contributed by atoms with E-state index < -0.39 is 10.0 Å². The van der Waals surface area contributed by atoms with E-state index in [0.717, 1.165) is 11.8 Å². The fourth-order valence-electron chi connectivity index (χ4n) is 1.86. The van der Waals surface area contributed by atoms with Crippen LogP contribution < -0.4 is 9.62 Å². The van der Waals surface area contributed by atoms with Crippen LogP contribution in [0.3, 0.4) is 0 Å². The lowest BCUT2D eigenvalue weighted by Crippen LogP contribution is -2.35. The monoisotopic (exact) mass is 392 g/mol. The second kappa shape index (κ2) is 8.50. The molecule has 0 unspecified atom stereocenters. The lowest BCUT2D eigenvalue weighted by molar-refractivity contribution is -0.121. The number of hydrogen-bond donors (Lipinski definition) is 1. The molecule has 0 radical (unpaired) electrons. The van der Waals surface area contributed by atoms with Crippen molar-refractivity contribution < 1.29 is 17.9 Å². The molecule has 0 aliphatic heterocycles. The zero-order valence-electron chi connectivity index (χ0n) is 12.9. The van der Waals surface area contributed by atoms with E-state index in [4.69, 9.17) is 4.74 Å². The van der Waals surface area contributed by atoms with Gasteiger partial charge in [-0.3, -0.25) is 9.10 Å². The van der Waals surface area contributed by atoms with Crippen LogP contribution in [0, 0.1) is 6.92 Å². The number of carbonyl (C=O) groups is 1. The normalized spacial score (nSPS) is 11.3. The molecule has 1 N–H and O–H groups in total. The summed E-state index contributed by atoms with van der Waals surface area (Å²) in [5.41, 5.74) is 1.54. The third kappa shape index (κ3) is 5.94. The Balaban J connectivity index is 2.81. The summed E-state index contributed by atoms with van der Waals surface area (Å²) < 4.78 is 30.7. The molecular formula is C14H21BrN2O4S. The highest BCUT2D eigenvalue weighted by Gasteiger charge is 2.20. The van der Waals surface area contributed by atoms with Crippen LogP contribution in [0.25, 0.3) is 0 Å². The summed E-state index contributed by atoms with van der Waals surface area (Å²) in [4.78, 5) is 11.7. The largest absolute Gasteiger partial charge is 0.383 e. The van der Waals surface area contributed by atoms with Gasteiger partial charge in [0.15, 0.2) is 0 Å².